The van der Waals surface area contributed by atoms with Gasteiger partial charge in [0.05, 0.1) is 17.5 Å². The largest absolute Gasteiger partial charge is 0.455 e. The molecule has 216 valence electrons. The minimum atomic E-state index is -3.67. The summed E-state index contributed by atoms with van der Waals surface area (Å²) in [5, 5.41) is 0.676. The summed E-state index contributed by atoms with van der Waals surface area (Å²) >= 11 is 0. The number of fused-ring (bicyclic) bond motifs is 1. The molecule has 7 heteroatoms. The maximum absolute atomic E-state index is 13.3. The van der Waals surface area contributed by atoms with Crippen LogP contribution in [0.4, 0.5) is 5.69 Å². The van der Waals surface area contributed by atoms with Gasteiger partial charge < -0.3 is 9.32 Å². The predicted octanol–water partition coefficient (Wildman–Crippen LogP) is 7.57. The summed E-state index contributed by atoms with van der Waals surface area (Å²) in [4.78, 5) is 15.4. The number of benzene rings is 4. The van der Waals surface area contributed by atoms with Crippen LogP contribution >= 0.6 is 0 Å². The van der Waals surface area contributed by atoms with Gasteiger partial charge in [0.1, 0.15) is 11.3 Å². The number of hydrogen-bond acceptors (Lipinski definition) is 5. The maximum atomic E-state index is 13.3. The van der Waals surface area contributed by atoms with E-state index in [1.807, 2.05) is 99.8 Å². The molecule has 0 aliphatic rings. The van der Waals surface area contributed by atoms with Crippen molar-refractivity contribution in [3.05, 3.63) is 114 Å². The summed E-state index contributed by atoms with van der Waals surface area (Å²) in [5.41, 5.74) is 6.16. The van der Waals surface area contributed by atoms with E-state index in [2.05, 4.69) is 17.0 Å². The second kappa shape index (κ2) is 12.3. The van der Waals surface area contributed by atoms with Crippen molar-refractivity contribution in [3.8, 4) is 22.5 Å². The van der Waals surface area contributed by atoms with Gasteiger partial charge in [-0.15, -0.1) is 0 Å². The molecule has 5 aromatic rings. The van der Waals surface area contributed by atoms with Gasteiger partial charge in [0.25, 0.3) is 0 Å². The molecule has 0 saturated heterocycles. The molecule has 1 aromatic heterocycles. The zero-order chi connectivity index (χ0) is 29.9. The fraction of sp³-hybridized carbons (Fsp3) is 0.229. The molecule has 42 heavy (non-hydrogen) atoms. The number of carbonyl (C=O) groups is 1. The molecule has 0 bridgehead atoms. The molecule has 0 atom stereocenters. The van der Waals surface area contributed by atoms with E-state index < -0.39 is 10.0 Å². The smallest absolute Gasteiger partial charge is 0.232 e. The normalized spacial score (nSPS) is 11.7. The summed E-state index contributed by atoms with van der Waals surface area (Å²) in [6, 6.07) is 31.3. The number of hydrogen-bond donors (Lipinski definition) is 0. The number of aryl methyl sites for hydroxylation is 1. The first-order valence-electron chi connectivity index (χ1n) is 14.1. The van der Waals surface area contributed by atoms with Gasteiger partial charge in [-0.25, -0.2) is 8.42 Å². The van der Waals surface area contributed by atoms with E-state index in [1.54, 1.807) is 6.07 Å². The third kappa shape index (κ3) is 6.32. The quantitative estimate of drug-likeness (QED) is 0.151. The zero-order valence-corrected chi connectivity index (χ0v) is 25.3. The van der Waals surface area contributed by atoms with E-state index in [0.717, 1.165) is 27.8 Å². The number of likely N-dealkylation sites (N-methyl/N-ethyl adjacent to an activating group) is 1. The van der Waals surface area contributed by atoms with Gasteiger partial charge in [0, 0.05) is 48.6 Å². The number of carbonyl (C=O) groups excluding carboxylic acids is 1. The molecule has 0 saturated carbocycles. The highest BCUT2D eigenvalue weighted by Crippen LogP contribution is 2.42. The minimum absolute atomic E-state index is 0.0291. The fourth-order valence-corrected chi connectivity index (χ4v) is 6.17. The highest BCUT2D eigenvalue weighted by atomic mass is 32.2. The molecule has 0 spiro atoms. The van der Waals surface area contributed by atoms with Gasteiger partial charge in [-0.2, -0.15) is 0 Å². The van der Waals surface area contributed by atoms with Crippen molar-refractivity contribution < 1.29 is 17.6 Å². The number of sulfonamides is 1. The number of rotatable bonds is 11. The lowest BCUT2D eigenvalue weighted by atomic mass is 9.96. The maximum Gasteiger partial charge on any atom is 0.232 e. The molecule has 5 rings (SSSR count). The number of Topliss-reactive ketones (excluding diaryl/α,β-unsaturated/α-hetero) is 1. The molecule has 0 radical (unpaired) electrons. The summed E-state index contributed by atoms with van der Waals surface area (Å²) < 4.78 is 34.5. The molecular formula is C35H36N2O4S. The topological polar surface area (TPSA) is 70.8 Å². The van der Waals surface area contributed by atoms with Crippen molar-refractivity contribution >= 4 is 32.5 Å². The van der Waals surface area contributed by atoms with Gasteiger partial charge in [-0.3, -0.25) is 9.10 Å². The van der Waals surface area contributed by atoms with E-state index in [1.165, 1.54) is 10.6 Å². The van der Waals surface area contributed by atoms with Crippen LogP contribution in [0.25, 0.3) is 33.4 Å². The Balaban J connectivity index is 1.65. The van der Waals surface area contributed by atoms with E-state index in [9.17, 15) is 13.2 Å². The molecule has 0 aliphatic heterocycles. The highest BCUT2D eigenvalue weighted by Gasteiger charge is 2.27. The monoisotopic (exact) mass is 580 g/mol. The van der Waals surface area contributed by atoms with Crippen LogP contribution in [0, 0.1) is 6.92 Å². The Bertz CT molecular complexity index is 1800. The minimum Gasteiger partial charge on any atom is -0.455 e. The second-order valence-corrected chi connectivity index (χ2v) is 12.6. The first kappa shape index (κ1) is 29.3. The van der Waals surface area contributed by atoms with Crippen molar-refractivity contribution in [2.75, 3.05) is 30.7 Å². The summed E-state index contributed by atoms with van der Waals surface area (Å²) in [6.07, 6.45) is 1.55. The summed E-state index contributed by atoms with van der Waals surface area (Å²) in [6.45, 7) is 5.31. The predicted molar refractivity (Wildman–Crippen MR) is 171 cm³/mol. The van der Waals surface area contributed by atoms with Crippen LogP contribution in [0.3, 0.4) is 0 Å². The summed E-state index contributed by atoms with van der Waals surface area (Å²) in [5.74, 6) is 0.472. The molecule has 0 amide bonds. The van der Waals surface area contributed by atoms with E-state index >= 15 is 0 Å². The van der Waals surface area contributed by atoms with Gasteiger partial charge in [-0.1, -0.05) is 97.4 Å². The van der Waals surface area contributed by atoms with Gasteiger partial charge in [0.2, 0.25) is 10.0 Å². The van der Waals surface area contributed by atoms with E-state index in [0.29, 0.717) is 47.5 Å². The Hall–Kier alpha value is -4.20. The third-order valence-corrected chi connectivity index (χ3v) is 8.63. The molecule has 1 heterocycles. The average molecular weight is 581 g/mol. The van der Waals surface area contributed by atoms with E-state index in [-0.39, 0.29) is 12.3 Å². The molecule has 0 aliphatic carbocycles. The van der Waals surface area contributed by atoms with Crippen LogP contribution in [0.2, 0.25) is 0 Å². The molecule has 0 N–H and O–H groups in total. The molecule has 6 nitrogen and oxygen atoms in total. The SMILES string of the molecule is CCC(=O)c1c(-c2ccc(C)cc2)oc2cc(N(CCN(C)Cc3ccccc3)S(C)(=O)=O)c(-c3ccccc3)cc12. The first-order valence-corrected chi connectivity index (χ1v) is 16.0. The van der Waals surface area contributed by atoms with Crippen LogP contribution in [-0.4, -0.2) is 45.5 Å². The van der Waals surface area contributed by atoms with Gasteiger partial charge in [0.15, 0.2) is 5.78 Å². The van der Waals surface area contributed by atoms with Crippen molar-refractivity contribution in [2.45, 2.75) is 26.8 Å². The molecule has 0 fully saturated rings. The van der Waals surface area contributed by atoms with Crippen molar-refractivity contribution in [2.24, 2.45) is 0 Å². The lowest BCUT2D eigenvalue weighted by molar-refractivity contribution is 0.0989. The Kier molecular flexibility index (Phi) is 8.61. The zero-order valence-electron chi connectivity index (χ0n) is 24.5. The van der Waals surface area contributed by atoms with Crippen LogP contribution in [0.15, 0.2) is 101 Å². The van der Waals surface area contributed by atoms with Crippen molar-refractivity contribution in [1.29, 1.82) is 0 Å². The van der Waals surface area contributed by atoms with E-state index in [4.69, 9.17) is 4.42 Å². The number of furan rings is 1. The summed E-state index contributed by atoms with van der Waals surface area (Å²) in [7, 11) is -1.68. The standard InChI is InChI=1S/C35H36N2O4S/c1-5-32(38)34-30-22-29(27-14-10-7-11-15-27)31(23-33(30)41-35(34)28-18-16-25(2)17-19-28)37(42(4,39)40)21-20-36(3)24-26-12-8-6-9-13-26/h6-19,22-23H,5,20-21,24H2,1-4H3. The number of ketones is 1. The van der Waals surface area contributed by atoms with Gasteiger partial charge in [-0.05, 0) is 31.2 Å². The first-order chi connectivity index (χ1) is 20.2. The fourth-order valence-electron chi connectivity index (χ4n) is 5.25. The van der Waals surface area contributed by atoms with Crippen molar-refractivity contribution in [3.63, 3.8) is 0 Å². The van der Waals surface area contributed by atoms with Gasteiger partial charge >= 0.3 is 0 Å². The average Bonchev–Trinajstić information content (AvgIpc) is 3.35. The Morgan fingerprint density at radius 2 is 1.48 bits per heavy atom. The van der Waals surface area contributed by atoms with Crippen molar-refractivity contribution in [1.82, 2.24) is 4.90 Å². The Morgan fingerprint density at radius 1 is 0.833 bits per heavy atom. The van der Waals surface area contributed by atoms with Crippen LogP contribution in [-0.2, 0) is 16.6 Å². The lowest BCUT2D eigenvalue weighted by Crippen LogP contribution is -2.37. The Labute approximate surface area is 248 Å². The van der Waals surface area contributed by atoms with Crippen LogP contribution in [0.1, 0.15) is 34.8 Å². The Morgan fingerprint density at radius 3 is 2.10 bits per heavy atom. The molecular weight excluding hydrogens is 544 g/mol. The highest BCUT2D eigenvalue weighted by molar-refractivity contribution is 7.92. The third-order valence-electron chi connectivity index (χ3n) is 7.45. The lowest BCUT2D eigenvalue weighted by Gasteiger charge is -2.27. The number of nitrogens with zero attached hydrogens (tertiary/aromatic N) is 2. The second-order valence-electron chi connectivity index (χ2n) is 10.7. The molecule has 4 aromatic carbocycles. The number of anilines is 1. The molecule has 0 unspecified atom stereocenters. The van der Waals surface area contributed by atoms with Crippen LogP contribution in [0.5, 0.6) is 0 Å². The van der Waals surface area contributed by atoms with Crippen LogP contribution < -0.4 is 4.31 Å².